The van der Waals surface area contributed by atoms with E-state index in [1.165, 1.54) is 0 Å². The molecular weight excluding hydrogens is 330 g/mol. The molecule has 0 unspecified atom stereocenters. The minimum Gasteiger partial charge on any atom is -0.484 e. The maximum Gasteiger partial charge on any atom is 0.290 e. The summed E-state index contributed by atoms with van der Waals surface area (Å²) in [5.41, 5.74) is 6.74. The van der Waals surface area contributed by atoms with E-state index in [9.17, 15) is 9.59 Å². The molecular formula is C15H17N5O3S. The molecule has 4 N–H and O–H groups in total. The largest absolute Gasteiger partial charge is 0.484 e. The van der Waals surface area contributed by atoms with Crippen LogP contribution in [0.15, 0.2) is 30.3 Å². The van der Waals surface area contributed by atoms with Gasteiger partial charge in [0.15, 0.2) is 17.4 Å². The Bertz CT molecular complexity index is 759. The topological polar surface area (TPSA) is 108 Å². The van der Waals surface area contributed by atoms with E-state index in [1.54, 1.807) is 19.1 Å². The van der Waals surface area contributed by atoms with Crippen molar-refractivity contribution in [2.24, 2.45) is 0 Å². The summed E-state index contributed by atoms with van der Waals surface area (Å²) in [7, 11) is 0. The van der Waals surface area contributed by atoms with Crippen molar-refractivity contribution < 1.29 is 14.3 Å². The average Bonchev–Trinajstić information content (AvgIpc) is 2.97. The highest BCUT2D eigenvalue weighted by atomic mass is 32.1. The fraction of sp³-hybridized carbons (Fsp3) is 0.200. The molecule has 0 spiro atoms. The number of nitrogens with one attached hydrogen (secondary N) is 4. The van der Waals surface area contributed by atoms with Crippen LogP contribution in [0.2, 0.25) is 0 Å². The number of carbonyl (C=O) groups is 2. The standard InChI is InChI=1S/C15H17N5O3S/c1-9-4-3-5-11(6-9)23-8-13(21)16-15(24)20-19-14(22)12-7-10(2)17-18-12/h3-7H,8H2,1-2H3,(H,17,18)(H,19,22)(H2,16,20,21,24). The molecule has 0 aliphatic heterocycles. The Morgan fingerprint density at radius 3 is 2.71 bits per heavy atom. The van der Waals surface area contributed by atoms with Gasteiger partial charge in [-0.2, -0.15) is 5.10 Å². The van der Waals surface area contributed by atoms with Crippen LogP contribution in [-0.2, 0) is 4.79 Å². The van der Waals surface area contributed by atoms with Crippen LogP contribution in [0.3, 0.4) is 0 Å². The van der Waals surface area contributed by atoms with Crippen LogP contribution in [0.1, 0.15) is 21.7 Å². The van der Waals surface area contributed by atoms with Crippen molar-refractivity contribution in [3.05, 3.63) is 47.3 Å². The van der Waals surface area contributed by atoms with Crippen molar-refractivity contribution in [1.82, 2.24) is 26.4 Å². The second-order valence-electron chi connectivity index (χ2n) is 5.00. The molecule has 0 radical (unpaired) electrons. The van der Waals surface area contributed by atoms with Crippen molar-refractivity contribution >= 4 is 29.1 Å². The summed E-state index contributed by atoms with van der Waals surface area (Å²) < 4.78 is 5.35. The van der Waals surface area contributed by atoms with E-state index in [2.05, 4.69) is 26.4 Å². The molecule has 24 heavy (non-hydrogen) atoms. The number of benzene rings is 1. The van der Waals surface area contributed by atoms with E-state index in [-0.39, 0.29) is 17.4 Å². The summed E-state index contributed by atoms with van der Waals surface area (Å²) in [6.45, 7) is 3.50. The molecule has 0 aliphatic carbocycles. The molecule has 1 aromatic heterocycles. The minimum absolute atomic E-state index is 0.0477. The average molecular weight is 347 g/mol. The van der Waals surface area contributed by atoms with Gasteiger partial charge < -0.3 is 4.74 Å². The molecule has 2 aromatic rings. The maximum atomic E-state index is 11.7. The summed E-state index contributed by atoms with van der Waals surface area (Å²) in [6.07, 6.45) is 0. The molecule has 0 fully saturated rings. The third-order valence-corrected chi connectivity index (χ3v) is 3.04. The molecule has 0 bridgehead atoms. The van der Waals surface area contributed by atoms with Gasteiger partial charge in [0, 0.05) is 5.69 Å². The van der Waals surface area contributed by atoms with E-state index < -0.39 is 11.8 Å². The van der Waals surface area contributed by atoms with Crippen LogP contribution < -0.4 is 20.9 Å². The zero-order chi connectivity index (χ0) is 17.5. The second-order valence-corrected chi connectivity index (χ2v) is 5.41. The van der Waals surface area contributed by atoms with E-state index >= 15 is 0 Å². The van der Waals surface area contributed by atoms with Gasteiger partial charge in [0.1, 0.15) is 5.75 Å². The van der Waals surface area contributed by atoms with Gasteiger partial charge in [-0.3, -0.25) is 30.9 Å². The molecule has 0 atom stereocenters. The van der Waals surface area contributed by atoms with E-state index in [1.807, 2.05) is 25.1 Å². The van der Waals surface area contributed by atoms with Crippen molar-refractivity contribution in [1.29, 1.82) is 0 Å². The molecule has 2 amide bonds. The third kappa shape index (κ3) is 5.36. The van der Waals surface area contributed by atoms with Crippen molar-refractivity contribution in [3.63, 3.8) is 0 Å². The van der Waals surface area contributed by atoms with Crippen molar-refractivity contribution in [3.8, 4) is 5.75 Å². The fourth-order valence-electron chi connectivity index (χ4n) is 1.76. The van der Waals surface area contributed by atoms with Gasteiger partial charge in [0.25, 0.3) is 11.8 Å². The monoisotopic (exact) mass is 347 g/mol. The third-order valence-electron chi connectivity index (χ3n) is 2.84. The Morgan fingerprint density at radius 1 is 1.25 bits per heavy atom. The summed E-state index contributed by atoms with van der Waals surface area (Å²) in [4.78, 5) is 23.5. The highest BCUT2D eigenvalue weighted by Crippen LogP contribution is 2.11. The second kappa shape index (κ2) is 8.06. The highest BCUT2D eigenvalue weighted by molar-refractivity contribution is 7.80. The maximum absolute atomic E-state index is 11.7. The van der Waals surface area contributed by atoms with Gasteiger partial charge >= 0.3 is 0 Å². The fourth-order valence-corrected chi connectivity index (χ4v) is 1.92. The SMILES string of the molecule is Cc1cccc(OCC(=O)NC(=S)NNC(=O)c2cc(C)[nH]n2)c1. The number of aromatic amines is 1. The van der Waals surface area contributed by atoms with E-state index in [4.69, 9.17) is 17.0 Å². The van der Waals surface area contributed by atoms with Crippen LogP contribution in [0, 0.1) is 13.8 Å². The Labute approximate surface area is 143 Å². The van der Waals surface area contributed by atoms with E-state index in [0.717, 1.165) is 11.3 Å². The number of aromatic nitrogens is 2. The summed E-state index contributed by atoms with van der Waals surface area (Å²) in [6, 6.07) is 8.91. The van der Waals surface area contributed by atoms with Gasteiger partial charge in [0.05, 0.1) is 0 Å². The molecule has 0 aliphatic rings. The Kier molecular flexibility index (Phi) is 5.85. The number of rotatable bonds is 4. The van der Waals surface area contributed by atoms with Crippen LogP contribution >= 0.6 is 12.2 Å². The molecule has 8 nitrogen and oxygen atoms in total. The first-order valence-corrected chi connectivity index (χ1v) is 7.46. The molecule has 0 saturated carbocycles. The highest BCUT2D eigenvalue weighted by Gasteiger charge is 2.10. The number of hydrogen-bond acceptors (Lipinski definition) is 5. The summed E-state index contributed by atoms with van der Waals surface area (Å²) in [5, 5.41) is 8.79. The predicted octanol–water partition coefficient (Wildman–Crippen LogP) is 0.741. The number of nitrogens with zero attached hydrogens (tertiary/aromatic N) is 1. The number of thiocarbonyl (C=S) groups is 1. The van der Waals surface area contributed by atoms with Crippen LogP contribution in [0.4, 0.5) is 0 Å². The lowest BCUT2D eigenvalue weighted by molar-refractivity contribution is -0.121. The lowest BCUT2D eigenvalue weighted by atomic mass is 10.2. The van der Waals surface area contributed by atoms with Gasteiger partial charge in [-0.25, -0.2) is 0 Å². The number of ether oxygens (including phenoxy) is 1. The number of hydrazine groups is 1. The molecule has 2 rings (SSSR count). The molecule has 1 aromatic carbocycles. The smallest absolute Gasteiger partial charge is 0.290 e. The Hall–Kier alpha value is -2.94. The Morgan fingerprint density at radius 2 is 2.04 bits per heavy atom. The predicted molar refractivity (Wildman–Crippen MR) is 91.3 cm³/mol. The molecule has 9 heteroatoms. The quantitative estimate of drug-likeness (QED) is 0.480. The molecule has 126 valence electrons. The lowest BCUT2D eigenvalue weighted by Gasteiger charge is -2.10. The molecule has 0 saturated heterocycles. The zero-order valence-corrected chi connectivity index (χ0v) is 14.0. The van der Waals surface area contributed by atoms with Crippen LogP contribution in [0.5, 0.6) is 5.75 Å². The summed E-state index contributed by atoms with van der Waals surface area (Å²) in [5.74, 6) is -0.336. The molecule has 1 heterocycles. The number of aryl methyl sites for hydroxylation is 2. The van der Waals surface area contributed by atoms with Crippen molar-refractivity contribution in [2.45, 2.75) is 13.8 Å². The lowest BCUT2D eigenvalue weighted by Crippen LogP contribution is -2.49. The first kappa shape index (κ1) is 17.4. The van der Waals surface area contributed by atoms with Crippen LogP contribution in [-0.4, -0.2) is 33.7 Å². The van der Waals surface area contributed by atoms with E-state index in [0.29, 0.717) is 5.75 Å². The van der Waals surface area contributed by atoms with Gasteiger partial charge in [-0.15, -0.1) is 0 Å². The first-order valence-electron chi connectivity index (χ1n) is 7.05. The zero-order valence-electron chi connectivity index (χ0n) is 13.2. The number of hydrogen-bond donors (Lipinski definition) is 4. The summed E-state index contributed by atoms with van der Waals surface area (Å²) >= 11 is 4.91. The van der Waals surface area contributed by atoms with Crippen LogP contribution in [0.25, 0.3) is 0 Å². The minimum atomic E-state index is -0.480. The normalized spacial score (nSPS) is 9.92. The number of amides is 2. The Balaban J connectivity index is 1.71. The first-order chi connectivity index (χ1) is 11.4. The number of H-pyrrole nitrogens is 1. The van der Waals surface area contributed by atoms with Crippen molar-refractivity contribution in [2.75, 3.05) is 6.61 Å². The number of carbonyl (C=O) groups excluding carboxylic acids is 2. The van der Waals surface area contributed by atoms with Gasteiger partial charge in [0.2, 0.25) is 0 Å². The van der Waals surface area contributed by atoms with Gasteiger partial charge in [-0.1, -0.05) is 12.1 Å². The van der Waals surface area contributed by atoms with Gasteiger partial charge in [-0.05, 0) is 49.8 Å².